The Morgan fingerprint density at radius 1 is 1.29 bits per heavy atom. The first kappa shape index (κ1) is 16.8. The van der Waals surface area contributed by atoms with E-state index in [4.69, 9.17) is 16.3 Å². The first-order chi connectivity index (χ1) is 11.6. The number of anilines is 1. The number of carbonyl (C=O) groups is 1. The Morgan fingerprint density at radius 3 is 2.79 bits per heavy atom. The summed E-state index contributed by atoms with van der Waals surface area (Å²) in [5, 5.41) is 16.0. The molecular formula is C18H19ClN2O3. The van der Waals surface area contributed by atoms with E-state index >= 15 is 0 Å². The van der Waals surface area contributed by atoms with Crippen LogP contribution in [0.4, 0.5) is 5.69 Å². The van der Waals surface area contributed by atoms with E-state index in [1.807, 2.05) is 36.4 Å². The van der Waals surface area contributed by atoms with E-state index in [1.165, 1.54) is 0 Å². The van der Waals surface area contributed by atoms with Crippen molar-refractivity contribution in [1.29, 1.82) is 0 Å². The van der Waals surface area contributed by atoms with Crippen molar-refractivity contribution < 1.29 is 14.6 Å². The Morgan fingerprint density at radius 2 is 2.08 bits per heavy atom. The molecule has 24 heavy (non-hydrogen) atoms. The van der Waals surface area contributed by atoms with E-state index in [1.54, 1.807) is 12.1 Å². The average Bonchev–Trinajstić information content (AvgIpc) is 3.01. The SMILES string of the molecule is O=C(Nc1cccc(OCc2ccc(Cl)cc2)c1)C1CC(O)CN1. The molecule has 1 aliphatic rings. The predicted octanol–water partition coefficient (Wildman–Crippen LogP) is 2.58. The third-order valence-corrected chi connectivity index (χ3v) is 4.10. The molecule has 0 aliphatic carbocycles. The molecule has 0 aromatic heterocycles. The fourth-order valence-electron chi connectivity index (χ4n) is 2.56. The molecule has 0 radical (unpaired) electrons. The molecule has 0 spiro atoms. The summed E-state index contributed by atoms with van der Waals surface area (Å²) in [7, 11) is 0. The Balaban J connectivity index is 1.57. The van der Waals surface area contributed by atoms with Gasteiger partial charge in [0.1, 0.15) is 12.4 Å². The summed E-state index contributed by atoms with van der Waals surface area (Å²) in [6.45, 7) is 0.868. The van der Waals surface area contributed by atoms with Gasteiger partial charge in [-0.05, 0) is 36.2 Å². The van der Waals surface area contributed by atoms with Crippen LogP contribution in [0.3, 0.4) is 0 Å². The molecule has 0 saturated carbocycles. The van der Waals surface area contributed by atoms with Crippen molar-refractivity contribution in [3.05, 3.63) is 59.1 Å². The zero-order valence-electron chi connectivity index (χ0n) is 13.0. The molecule has 5 nitrogen and oxygen atoms in total. The monoisotopic (exact) mass is 346 g/mol. The van der Waals surface area contributed by atoms with Crippen LogP contribution in [-0.2, 0) is 11.4 Å². The second-order valence-corrected chi connectivity index (χ2v) is 6.22. The van der Waals surface area contributed by atoms with Gasteiger partial charge in [0.2, 0.25) is 5.91 Å². The molecular weight excluding hydrogens is 328 g/mol. The Bertz CT molecular complexity index is 706. The maximum Gasteiger partial charge on any atom is 0.241 e. The molecule has 1 fully saturated rings. The average molecular weight is 347 g/mol. The minimum Gasteiger partial charge on any atom is -0.489 e. The highest BCUT2D eigenvalue weighted by atomic mass is 35.5. The number of aliphatic hydroxyl groups excluding tert-OH is 1. The lowest BCUT2D eigenvalue weighted by molar-refractivity contribution is -0.117. The molecule has 3 rings (SSSR count). The molecule has 2 aromatic rings. The minimum absolute atomic E-state index is 0.151. The maximum atomic E-state index is 12.1. The summed E-state index contributed by atoms with van der Waals surface area (Å²) in [4.78, 5) is 12.1. The first-order valence-corrected chi connectivity index (χ1v) is 8.17. The van der Waals surface area contributed by atoms with Gasteiger partial charge in [-0.25, -0.2) is 0 Å². The van der Waals surface area contributed by atoms with Crippen molar-refractivity contribution in [2.24, 2.45) is 0 Å². The van der Waals surface area contributed by atoms with Crippen LogP contribution < -0.4 is 15.4 Å². The van der Waals surface area contributed by atoms with Gasteiger partial charge in [-0.2, -0.15) is 0 Å². The van der Waals surface area contributed by atoms with E-state index in [9.17, 15) is 9.90 Å². The van der Waals surface area contributed by atoms with E-state index in [0.717, 1.165) is 5.56 Å². The largest absolute Gasteiger partial charge is 0.489 e. The highest BCUT2D eigenvalue weighted by molar-refractivity contribution is 6.30. The van der Waals surface area contributed by atoms with E-state index in [-0.39, 0.29) is 11.9 Å². The number of β-amino-alcohol motifs (C(OH)–C–C–N with tert-alkyl or cyclic N) is 1. The Kier molecular flexibility index (Phi) is 5.35. The molecule has 0 bridgehead atoms. The third kappa shape index (κ3) is 4.47. The lowest BCUT2D eigenvalue weighted by Crippen LogP contribution is -2.35. The molecule has 1 heterocycles. The summed E-state index contributed by atoms with van der Waals surface area (Å²) < 4.78 is 5.75. The topological polar surface area (TPSA) is 70.6 Å². The number of rotatable bonds is 5. The molecule has 2 unspecified atom stereocenters. The van der Waals surface area contributed by atoms with Crippen molar-refractivity contribution in [3.63, 3.8) is 0 Å². The van der Waals surface area contributed by atoms with Crippen molar-refractivity contribution in [2.45, 2.75) is 25.2 Å². The predicted molar refractivity (Wildman–Crippen MR) is 93.3 cm³/mol. The van der Waals surface area contributed by atoms with Gasteiger partial charge in [-0.15, -0.1) is 0 Å². The van der Waals surface area contributed by atoms with E-state index in [0.29, 0.717) is 36.0 Å². The lowest BCUT2D eigenvalue weighted by atomic mass is 10.2. The highest BCUT2D eigenvalue weighted by Crippen LogP contribution is 2.20. The number of carbonyl (C=O) groups excluding carboxylic acids is 1. The molecule has 2 atom stereocenters. The third-order valence-electron chi connectivity index (χ3n) is 3.84. The molecule has 1 aliphatic heterocycles. The summed E-state index contributed by atoms with van der Waals surface area (Å²) in [6, 6.07) is 14.3. The van der Waals surface area contributed by atoms with Gasteiger partial charge in [0.15, 0.2) is 0 Å². The van der Waals surface area contributed by atoms with Crippen LogP contribution >= 0.6 is 11.6 Å². The van der Waals surface area contributed by atoms with Crippen LogP contribution in [0.1, 0.15) is 12.0 Å². The first-order valence-electron chi connectivity index (χ1n) is 7.80. The minimum atomic E-state index is -0.463. The van der Waals surface area contributed by atoms with Crippen molar-refractivity contribution >= 4 is 23.2 Å². The Hall–Kier alpha value is -2.08. The number of ether oxygens (including phenoxy) is 1. The smallest absolute Gasteiger partial charge is 0.241 e. The van der Waals surface area contributed by atoms with Crippen molar-refractivity contribution in [2.75, 3.05) is 11.9 Å². The molecule has 3 N–H and O–H groups in total. The highest BCUT2D eigenvalue weighted by Gasteiger charge is 2.27. The molecule has 1 amide bonds. The molecule has 1 saturated heterocycles. The normalized spacial score (nSPS) is 19.9. The molecule has 2 aromatic carbocycles. The number of aliphatic hydroxyl groups is 1. The van der Waals surface area contributed by atoms with E-state index in [2.05, 4.69) is 10.6 Å². The fraction of sp³-hybridized carbons (Fsp3) is 0.278. The van der Waals surface area contributed by atoms with Gasteiger partial charge >= 0.3 is 0 Å². The lowest BCUT2D eigenvalue weighted by Gasteiger charge is -2.12. The van der Waals surface area contributed by atoms with Crippen molar-refractivity contribution in [1.82, 2.24) is 5.32 Å². The van der Waals surface area contributed by atoms with Gasteiger partial charge in [0.05, 0.1) is 12.1 Å². The quantitative estimate of drug-likeness (QED) is 0.778. The molecule has 6 heteroatoms. The van der Waals surface area contributed by atoms with Crippen LogP contribution in [0.5, 0.6) is 5.75 Å². The van der Waals surface area contributed by atoms with Crippen LogP contribution in [0.15, 0.2) is 48.5 Å². The second kappa shape index (κ2) is 7.66. The van der Waals surface area contributed by atoms with Crippen molar-refractivity contribution in [3.8, 4) is 5.75 Å². The maximum absolute atomic E-state index is 12.1. The summed E-state index contributed by atoms with van der Waals surface area (Å²) in [5.74, 6) is 0.517. The standard InChI is InChI=1S/C18H19ClN2O3/c19-13-6-4-12(5-7-13)11-24-16-3-1-2-14(8-16)21-18(23)17-9-15(22)10-20-17/h1-8,15,17,20,22H,9-11H2,(H,21,23). The number of hydrogen-bond donors (Lipinski definition) is 3. The van der Waals surface area contributed by atoms with Crippen LogP contribution in [-0.4, -0.2) is 29.7 Å². The zero-order chi connectivity index (χ0) is 16.9. The van der Waals surface area contributed by atoms with Gasteiger partial charge in [0, 0.05) is 23.3 Å². The number of benzene rings is 2. The number of nitrogens with one attached hydrogen (secondary N) is 2. The number of halogens is 1. The molecule has 126 valence electrons. The van der Waals surface area contributed by atoms with Crippen LogP contribution in [0, 0.1) is 0 Å². The number of amides is 1. The second-order valence-electron chi connectivity index (χ2n) is 5.78. The fourth-order valence-corrected chi connectivity index (χ4v) is 2.68. The van der Waals surface area contributed by atoms with Gasteiger partial charge in [-0.3, -0.25) is 4.79 Å². The van der Waals surface area contributed by atoms with Gasteiger partial charge in [-0.1, -0.05) is 29.8 Å². The van der Waals surface area contributed by atoms with E-state index < -0.39 is 6.10 Å². The van der Waals surface area contributed by atoms with Crippen LogP contribution in [0.25, 0.3) is 0 Å². The Labute approximate surface area is 145 Å². The van der Waals surface area contributed by atoms with Gasteiger partial charge in [0.25, 0.3) is 0 Å². The zero-order valence-corrected chi connectivity index (χ0v) is 13.8. The summed E-state index contributed by atoms with van der Waals surface area (Å²) in [6.07, 6.45) is -0.0340. The summed E-state index contributed by atoms with van der Waals surface area (Å²) in [5.41, 5.74) is 1.68. The van der Waals surface area contributed by atoms with Crippen LogP contribution in [0.2, 0.25) is 5.02 Å². The summed E-state index contributed by atoms with van der Waals surface area (Å²) >= 11 is 5.86. The number of hydrogen-bond acceptors (Lipinski definition) is 4. The van der Waals surface area contributed by atoms with Gasteiger partial charge < -0.3 is 20.5 Å².